The molecule has 0 fully saturated rings. The lowest BCUT2D eigenvalue weighted by Crippen LogP contribution is -2.40. The predicted molar refractivity (Wildman–Crippen MR) is 110 cm³/mol. The highest BCUT2D eigenvalue weighted by molar-refractivity contribution is 7.79. The van der Waals surface area contributed by atoms with Gasteiger partial charge in [-0.25, -0.2) is 4.74 Å². The Hall–Kier alpha value is -2.15. The quantitative estimate of drug-likeness (QED) is 0.621. The third kappa shape index (κ3) is 4.28. The van der Waals surface area contributed by atoms with Gasteiger partial charge in [0.25, 0.3) is 0 Å². The van der Waals surface area contributed by atoms with Gasteiger partial charge in [-0.15, -0.1) is 0 Å². The largest absolute Gasteiger partial charge is 0.271 e. The molecule has 25 heavy (non-hydrogen) atoms. The fourth-order valence-corrected chi connectivity index (χ4v) is 6.35. The van der Waals surface area contributed by atoms with Crippen molar-refractivity contribution in [3.8, 4) is 0 Å². The molecule has 0 saturated carbocycles. The summed E-state index contributed by atoms with van der Waals surface area (Å²) in [4.78, 5) is 0. The van der Waals surface area contributed by atoms with Crippen LogP contribution in [0.15, 0.2) is 95.7 Å². The summed E-state index contributed by atoms with van der Waals surface area (Å²) in [6.45, 7) is 6.61. The Bertz CT molecular complexity index is 807. The molecule has 128 valence electrons. The zero-order valence-corrected chi connectivity index (χ0v) is 15.9. The third-order valence-electron chi connectivity index (χ3n) is 3.78. The molecule has 1 N–H and O–H groups in total. The van der Waals surface area contributed by atoms with Crippen molar-refractivity contribution in [2.75, 3.05) is 0 Å². The molecular weight excluding hydrogens is 323 g/mol. The van der Waals surface area contributed by atoms with Gasteiger partial charge in [-0.3, -0.25) is 5.09 Å². The second-order valence-corrected chi connectivity index (χ2v) is 9.83. The number of hydrogen-bond acceptors (Lipinski definition) is 1. The van der Waals surface area contributed by atoms with Crippen molar-refractivity contribution in [2.24, 2.45) is 4.74 Å². The van der Waals surface area contributed by atoms with E-state index in [1.54, 1.807) is 0 Å². The minimum absolute atomic E-state index is 0.0717. The highest BCUT2D eigenvalue weighted by Gasteiger charge is 2.29. The van der Waals surface area contributed by atoms with Crippen molar-refractivity contribution in [1.82, 2.24) is 5.09 Å². The molecule has 0 unspecified atom stereocenters. The van der Waals surface area contributed by atoms with E-state index >= 15 is 0 Å². The molecule has 0 bridgehead atoms. The maximum atomic E-state index is 5.32. The van der Waals surface area contributed by atoms with Gasteiger partial charge >= 0.3 is 0 Å². The lowest BCUT2D eigenvalue weighted by atomic mass is 10.1. The molecule has 0 spiro atoms. The van der Waals surface area contributed by atoms with Crippen LogP contribution in [0.5, 0.6) is 0 Å². The SMILES string of the molecule is CC(C)(C)NP(=Nc1ccccc1)(c1ccccc1)c1ccccc1. The summed E-state index contributed by atoms with van der Waals surface area (Å²) >= 11 is 0. The Kier molecular flexibility index (Phi) is 5.22. The number of rotatable bonds is 4. The Morgan fingerprint density at radius 1 is 0.640 bits per heavy atom. The van der Waals surface area contributed by atoms with Crippen LogP contribution in [0.2, 0.25) is 0 Å². The second-order valence-electron chi connectivity index (χ2n) is 7.10. The Morgan fingerprint density at radius 3 is 1.44 bits per heavy atom. The van der Waals surface area contributed by atoms with Crippen LogP contribution in [0.4, 0.5) is 5.69 Å². The molecular formula is C22H25N2P. The van der Waals surface area contributed by atoms with Gasteiger partial charge in [0.1, 0.15) is 0 Å². The first kappa shape index (κ1) is 17.7. The fourth-order valence-electron chi connectivity index (χ4n) is 2.86. The van der Waals surface area contributed by atoms with Gasteiger partial charge in [-0.1, -0.05) is 78.9 Å². The smallest absolute Gasteiger partial charge is 0.0928 e. The van der Waals surface area contributed by atoms with Gasteiger partial charge in [-0.05, 0) is 32.9 Å². The third-order valence-corrected chi connectivity index (χ3v) is 7.39. The fraction of sp³-hybridized carbons (Fsp3) is 0.182. The Balaban J connectivity index is 2.34. The van der Waals surface area contributed by atoms with E-state index in [1.807, 2.05) is 18.2 Å². The normalized spacial score (nSPS) is 12.0. The maximum Gasteiger partial charge on any atom is 0.0928 e. The molecule has 0 amide bonds. The Labute approximate surface area is 151 Å². The highest BCUT2D eigenvalue weighted by atomic mass is 31.2. The number of hydrogen-bond donors (Lipinski definition) is 1. The molecule has 0 atom stereocenters. The first-order chi connectivity index (χ1) is 12.0. The maximum absolute atomic E-state index is 5.32. The average molecular weight is 348 g/mol. The number of nitrogens with zero attached hydrogens (tertiary/aromatic N) is 1. The van der Waals surface area contributed by atoms with E-state index in [-0.39, 0.29) is 5.54 Å². The van der Waals surface area contributed by atoms with Crippen molar-refractivity contribution in [3.05, 3.63) is 91.0 Å². The summed E-state index contributed by atoms with van der Waals surface area (Å²) in [7, 11) is -2.17. The van der Waals surface area contributed by atoms with Crippen LogP contribution < -0.4 is 15.7 Å². The molecule has 0 radical (unpaired) electrons. The van der Waals surface area contributed by atoms with Crippen LogP contribution in [-0.2, 0) is 0 Å². The minimum atomic E-state index is -2.17. The summed E-state index contributed by atoms with van der Waals surface area (Å²) < 4.78 is 5.32. The molecule has 3 aromatic rings. The molecule has 0 saturated heterocycles. The first-order valence-electron chi connectivity index (χ1n) is 8.58. The van der Waals surface area contributed by atoms with Gasteiger partial charge in [0.2, 0.25) is 0 Å². The molecule has 0 aromatic heterocycles. The van der Waals surface area contributed by atoms with Gasteiger partial charge < -0.3 is 0 Å². The van der Waals surface area contributed by atoms with Crippen LogP contribution >= 0.6 is 7.21 Å². The molecule has 2 nitrogen and oxygen atoms in total. The van der Waals surface area contributed by atoms with Crippen molar-refractivity contribution in [3.63, 3.8) is 0 Å². The van der Waals surface area contributed by atoms with Crippen LogP contribution in [0.3, 0.4) is 0 Å². The molecule has 3 rings (SSSR count). The average Bonchev–Trinajstić information content (AvgIpc) is 2.62. The summed E-state index contributed by atoms with van der Waals surface area (Å²) in [6, 6.07) is 31.5. The van der Waals surface area contributed by atoms with Crippen molar-refractivity contribution in [1.29, 1.82) is 0 Å². The number of nitrogens with one attached hydrogen (secondary N) is 1. The van der Waals surface area contributed by atoms with E-state index in [9.17, 15) is 0 Å². The van der Waals surface area contributed by atoms with E-state index in [0.717, 1.165) is 5.69 Å². The van der Waals surface area contributed by atoms with Gasteiger partial charge in [0.05, 0.1) is 12.9 Å². The van der Waals surface area contributed by atoms with E-state index in [1.165, 1.54) is 10.6 Å². The predicted octanol–water partition coefficient (Wildman–Crippen LogP) is 5.47. The van der Waals surface area contributed by atoms with Crippen LogP contribution in [0.25, 0.3) is 0 Å². The zero-order valence-electron chi connectivity index (χ0n) is 15.1. The van der Waals surface area contributed by atoms with E-state index in [2.05, 4.69) is 98.7 Å². The van der Waals surface area contributed by atoms with Gasteiger partial charge in [0, 0.05) is 16.1 Å². The first-order valence-corrected chi connectivity index (χ1v) is 10.3. The summed E-state index contributed by atoms with van der Waals surface area (Å²) in [5.41, 5.74) is 0.929. The lowest BCUT2D eigenvalue weighted by molar-refractivity contribution is 0.529. The van der Waals surface area contributed by atoms with Crippen LogP contribution in [0.1, 0.15) is 20.8 Å². The second kappa shape index (κ2) is 7.39. The van der Waals surface area contributed by atoms with Crippen molar-refractivity contribution >= 4 is 23.5 Å². The van der Waals surface area contributed by atoms with E-state index in [0.29, 0.717) is 0 Å². The van der Waals surface area contributed by atoms with Crippen molar-refractivity contribution in [2.45, 2.75) is 26.3 Å². The minimum Gasteiger partial charge on any atom is -0.271 e. The molecule has 0 aliphatic carbocycles. The van der Waals surface area contributed by atoms with Crippen molar-refractivity contribution < 1.29 is 0 Å². The molecule has 3 aromatic carbocycles. The topological polar surface area (TPSA) is 24.4 Å². The summed E-state index contributed by atoms with van der Waals surface area (Å²) in [5, 5.41) is 6.37. The van der Waals surface area contributed by atoms with E-state index in [4.69, 9.17) is 4.74 Å². The monoisotopic (exact) mass is 348 g/mol. The molecule has 3 heteroatoms. The summed E-state index contributed by atoms with van der Waals surface area (Å²) in [6.07, 6.45) is 0. The molecule has 0 aliphatic rings. The summed E-state index contributed by atoms with van der Waals surface area (Å²) in [5.74, 6) is 0. The number of benzene rings is 3. The lowest BCUT2D eigenvalue weighted by Gasteiger charge is -2.34. The highest BCUT2D eigenvalue weighted by Crippen LogP contribution is 2.47. The van der Waals surface area contributed by atoms with Crippen LogP contribution in [0, 0.1) is 0 Å². The van der Waals surface area contributed by atoms with Crippen LogP contribution in [-0.4, -0.2) is 5.54 Å². The van der Waals surface area contributed by atoms with Gasteiger partial charge in [-0.2, -0.15) is 0 Å². The molecule has 0 heterocycles. The zero-order chi connectivity index (χ0) is 17.8. The standard InChI is InChI=1S/C22H25N2P/c1-22(2,3)24-25(20-15-9-5-10-16-20,21-17-11-6-12-18-21)23-19-13-7-4-8-14-19/h4-18,24H,1-3H3. The van der Waals surface area contributed by atoms with Gasteiger partial charge in [0.15, 0.2) is 0 Å². The molecule has 0 aliphatic heterocycles. The Morgan fingerprint density at radius 2 is 1.04 bits per heavy atom. The van der Waals surface area contributed by atoms with E-state index < -0.39 is 7.21 Å².